The summed E-state index contributed by atoms with van der Waals surface area (Å²) in [6.07, 6.45) is 0. The van der Waals surface area contributed by atoms with Crippen LogP contribution >= 0.6 is 11.8 Å². The molecule has 2 aromatic rings. The van der Waals surface area contributed by atoms with E-state index < -0.39 is 18.5 Å². The van der Waals surface area contributed by atoms with Gasteiger partial charge in [-0.3, -0.25) is 4.79 Å². The average Bonchev–Trinajstić information content (AvgIpc) is 2.56. The third-order valence-corrected chi connectivity index (χ3v) is 3.91. The number of thiocyanates is 1. The van der Waals surface area contributed by atoms with Crippen LogP contribution in [-0.4, -0.2) is 23.6 Å². The van der Waals surface area contributed by atoms with Crippen LogP contribution in [-0.2, 0) is 9.53 Å². The molecule has 0 spiro atoms. The summed E-state index contributed by atoms with van der Waals surface area (Å²) in [6, 6.07) is 9.30. The maximum atomic E-state index is 12.0. The molecule has 0 aliphatic rings. The second-order valence-corrected chi connectivity index (χ2v) is 6.16. The summed E-state index contributed by atoms with van der Waals surface area (Å²) >= 11 is 1.05. The van der Waals surface area contributed by atoms with Crippen LogP contribution in [0.25, 0.3) is 0 Å². The van der Waals surface area contributed by atoms with E-state index in [-0.39, 0.29) is 11.3 Å². The van der Waals surface area contributed by atoms with Gasteiger partial charge in [-0.2, -0.15) is 5.26 Å². The Bertz CT molecular complexity index is 835. The molecule has 128 valence electrons. The molecule has 2 aromatic carbocycles. The largest absolute Gasteiger partial charge is 0.508 e. The van der Waals surface area contributed by atoms with Gasteiger partial charge in [0.1, 0.15) is 11.2 Å². The number of phenolic OH excluding ortho intramolecular Hbond substituents is 1. The number of hydrogen-bond acceptors (Lipinski definition) is 6. The number of anilines is 1. The number of esters is 1. The lowest BCUT2D eigenvalue weighted by molar-refractivity contribution is -0.119. The van der Waals surface area contributed by atoms with Crippen LogP contribution in [0.2, 0.25) is 0 Å². The zero-order chi connectivity index (χ0) is 18.4. The van der Waals surface area contributed by atoms with Crippen LogP contribution in [0.5, 0.6) is 5.75 Å². The predicted molar refractivity (Wildman–Crippen MR) is 94.4 cm³/mol. The van der Waals surface area contributed by atoms with Crippen LogP contribution in [0, 0.1) is 24.5 Å². The van der Waals surface area contributed by atoms with Crippen molar-refractivity contribution in [1.29, 1.82) is 5.26 Å². The van der Waals surface area contributed by atoms with Gasteiger partial charge in [0, 0.05) is 10.6 Å². The zero-order valence-corrected chi connectivity index (χ0v) is 14.5. The SMILES string of the molecule is Cc1cc(SC#N)cc(C)c1NC(=O)COC(=O)c1cccc(O)c1. The average molecular weight is 356 g/mol. The number of nitriles is 1. The standard InChI is InChI=1S/C18H16N2O4S/c1-11-6-15(25-10-19)7-12(2)17(11)20-16(22)9-24-18(23)13-4-3-5-14(21)8-13/h3-8,21H,9H2,1-2H3,(H,20,22). The van der Waals surface area contributed by atoms with Gasteiger partial charge in [0.2, 0.25) is 0 Å². The Morgan fingerprint density at radius 3 is 2.52 bits per heavy atom. The summed E-state index contributed by atoms with van der Waals surface area (Å²) < 4.78 is 4.95. The molecule has 1 amide bonds. The third-order valence-electron chi connectivity index (χ3n) is 3.35. The fourth-order valence-corrected chi connectivity index (χ4v) is 2.83. The van der Waals surface area contributed by atoms with E-state index in [1.165, 1.54) is 24.3 Å². The highest BCUT2D eigenvalue weighted by Crippen LogP contribution is 2.27. The molecule has 0 bridgehead atoms. The van der Waals surface area contributed by atoms with Crippen molar-refractivity contribution in [3.05, 3.63) is 53.1 Å². The Morgan fingerprint density at radius 2 is 1.92 bits per heavy atom. The Kier molecular flexibility index (Phi) is 6.03. The third kappa shape index (κ3) is 4.99. The minimum Gasteiger partial charge on any atom is -0.508 e. The van der Waals surface area contributed by atoms with Gasteiger partial charge in [0.15, 0.2) is 6.61 Å². The zero-order valence-electron chi connectivity index (χ0n) is 13.7. The molecule has 0 saturated carbocycles. The fourth-order valence-electron chi connectivity index (χ4n) is 2.26. The quantitative estimate of drug-likeness (QED) is 0.484. The number of ether oxygens (including phenoxy) is 1. The van der Waals surface area contributed by atoms with Crippen LogP contribution in [0.3, 0.4) is 0 Å². The topological polar surface area (TPSA) is 99.4 Å². The molecule has 7 heteroatoms. The summed E-state index contributed by atoms with van der Waals surface area (Å²) in [6.45, 7) is 3.20. The predicted octanol–water partition coefficient (Wildman–Crippen LogP) is 3.38. The number of amides is 1. The molecule has 0 aromatic heterocycles. The highest BCUT2D eigenvalue weighted by atomic mass is 32.2. The van der Waals surface area contributed by atoms with Gasteiger partial charge < -0.3 is 15.2 Å². The number of carbonyl (C=O) groups excluding carboxylic acids is 2. The molecule has 0 fully saturated rings. The Balaban J connectivity index is 1.99. The molecule has 2 N–H and O–H groups in total. The molecule has 6 nitrogen and oxygen atoms in total. The van der Waals surface area contributed by atoms with E-state index in [2.05, 4.69) is 5.32 Å². The van der Waals surface area contributed by atoms with Gasteiger partial charge >= 0.3 is 5.97 Å². The number of rotatable bonds is 5. The lowest BCUT2D eigenvalue weighted by Crippen LogP contribution is -2.21. The summed E-state index contributed by atoms with van der Waals surface area (Å²) in [5.74, 6) is -1.22. The van der Waals surface area contributed by atoms with E-state index in [1.807, 2.05) is 19.2 Å². The van der Waals surface area contributed by atoms with Crippen molar-refractivity contribution in [2.24, 2.45) is 0 Å². The number of phenols is 1. The second kappa shape index (κ2) is 8.22. The minimum absolute atomic E-state index is 0.0551. The van der Waals surface area contributed by atoms with Gasteiger partial charge in [0.05, 0.1) is 5.56 Å². The van der Waals surface area contributed by atoms with Gasteiger partial charge in [-0.1, -0.05) is 6.07 Å². The molecule has 0 aliphatic carbocycles. The molecule has 0 unspecified atom stereocenters. The van der Waals surface area contributed by atoms with Crippen molar-refractivity contribution in [1.82, 2.24) is 0 Å². The normalized spacial score (nSPS) is 9.96. The first kappa shape index (κ1) is 18.4. The van der Waals surface area contributed by atoms with Crippen molar-refractivity contribution in [3.8, 4) is 11.2 Å². The number of nitrogens with one attached hydrogen (secondary N) is 1. The van der Waals surface area contributed by atoms with Gasteiger partial charge in [-0.05, 0) is 67.1 Å². The van der Waals surface area contributed by atoms with Crippen molar-refractivity contribution >= 4 is 29.3 Å². The summed E-state index contributed by atoms with van der Waals surface area (Å²) in [5, 5.41) is 22.8. The Labute approximate surface area is 149 Å². The van der Waals surface area contributed by atoms with Crippen LogP contribution in [0.1, 0.15) is 21.5 Å². The van der Waals surface area contributed by atoms with E-state index in [1.54, 1.807) is 12.1 Å². The van der Waals surface area contributed by atoms with Gasteiger partial charge in [-0.25, -0.2) is 4.79 Å². The van der Waals surface area contributed by atoms with Crippen LogP contribution in [0.15, 0.2) is 41.3 Å². The molecule has 0 saturated heterocycles. The summed E-state index contributed by atoms with van der Waals surface area (Å²) in [4.78, 5) is 24.7. The number of thioether (sulfide) groups is 1. The Hall–Kier alpha value is -2.98. The first-order chi connectivity index (χ1) is 11.9. The number of hydrogen-bond donors (Lipinski definition) is 2. The number of carbonyl (C=O) groups is 2. The van der Waals surface area contributed by atoms with Crippen LogP contribution in [0.4, 0.5) is 5.69 Å². The molecule has 0 atom stereocenters. The van der Waals surface area contributed by atoms with Crippen LogP contribution < -0.4 is 5.32 Å². The van der Waals surface area contributed by atoms with E-state index in [0.717, 1.165) is 27.8 Å². The summed E-state index contributed by atoms with van der Waals surface area (Å²) in [7, 11) is 0. The molecular formula is C18H16N2O4S. The number of benzene rings is 2. The lowest BCUT2D eigenvalue weighted by Gasteiger charge is -2.13. The number of aromatic hydroxyl groups is 1. The highest BCUT2D eigenvalue weighted by molar-refractivity contribution is 8.03. The smallest absolute Gasteiger partial charge is 0.338 e. The van der Waals surface area contributed by atoms with Crippen molar-refractivity contribution in [2.45, 2.75) is 18.7 Å². The van der Waals surface area contributed by atoms with E-state index >= 15 is 0 Å². The lowest BCUT2D eigenvalue weighted by atomic mass is 10.1. The fraction of sp³-hybridized carbons (Fsp3) is 0.167. The Morgan fingerprint density at radius 1 is 1.24 bits per heavy atom. The maximum absolute atomic E-state index is 12.0. The molecular weight excluding hydrogens is 340 g/mol. The molecule has 0 heterocycles. The first-order valence-corrected chi connectivity index (χ1v) is 8.15. The molecule has 0 radical (unpaired) electrons. The van der Waals surface area contributed by atoms with E-state index in [4.69, 9.17) is 10.00 Å². The van der Waals surface area contributed by atoms with Gasteiger partial charge in [-0.15, -0.1) is 0 Å². The minimum atomic E-state index is -0.694. The maximum Gasteiger partial charge on any atom is 0.338 e. The van der Waals surface area contributed by atoms with Crippen molar-refractivity contribution in [2.75, 3.05) is 11.9 Å². The van der Waals surface area contributed by atoms with Gasteiger partial charge in [0.25, 0.3) is 5.91 Å². The van der Waals surface area contributed by atoms with E-state index in [9.17, 15) is 14.7 Å². The second-order valence-electron chi connectivity index (χ2n) is 5.30. The summed E-state index contributed by atoms with van der Waals surface area (Å²) in [5.41, 5.74) is 2.41. The first-order valence-electron chi connectivity index (χ1n) is 7.34. The van der Waals surface area contributed by atoms with Crippen molar-refractivity contribution in [3.63, 3.8) is 0 Å². The number of nitrogens with zero attached hydrogens (tertiary/aromatic N) is 1. The molecule has 0 aliphatic heterocycles. The monoisotopic (exact) mass is 356 g/mol. The van der Waals surface area contributed by atoms with E-state index in [0.29, 0.717) is 5.69 Å². The molecule has 2 rings (SSSR count). The highest BCUT2D eigenvalue weighted by Gasteiger charge is 2.13. The molecule has 25 heavy (non-hydrogen) atoms. The number of aryl methyl sites for hydroxylation is 2. The van der Waals surface area contributed by atoms with Crippen molar-refractivity contribution < 1.29 is 19.4 Å².